The number of ether oxygens (including phenoxy) is 2. The fourth-order valence-corrected chi connectivity index (χ4v) is 3.29. The van der Waals surface area contributed by atoms with Crippen molar-refractivity contribution in [3.63, 3.8) is 0 Å². The van der Waals surface area contributed by atoms with Gasteiger partial charge in [0.2, 0.25) is 0 Å². The van der Waals surface area contributed by atoms with E-state index in [2.05, 4.69) is 5.32 Å². The standard InChI is InChI=1S/C26H21ClFNO2/c27-25-16-19(9-14-26(25)30-18-20-5-4-6-21(28)15-20)17-29-22-10-12-24(13-11-22)31-23-7-2-1-3-8-23/h1-16,29H,17-18H2. The van der Waals surface area contributed by atoms with E-state index < -0.39 is 0 Å². The summed E-state index contributed by atoms with van der Waals surface area (Å²) in [6.45, 7) is 0.870. The van der Waals surface area contributed by atoms with E-state index in [1.54, 1.807) is 6.07 Å². The molecule has 0 aromatic heterocycles. The number of para-hydroxylation sites is 1. The molecule has 0 unspecified atom stereocenters. The van der Waals surface area contributed by atoms with Gasteiger partial charge in [0.25, 0.3) is 0 Å². The van der Waals surface area contributed by atoms with Gasteiger partial charge in [-0.05, 0) is 71.8 Å². The van der Waals surface area contributed by atoms with Crippen molar-refractivity contribution < 1.29 is 13.9 Å². The molecule has 4 rings (SSSR count). The second-order valence-corrected chi connectivity index (χ2v) is 7.38. The fourth-order valence-electron chi connectivity index (χ4n) is 3.03. The Morgan fingerprint density at radius 3 is 2.26 bits per heavy atom. The zero-order chi connectivity index (χ0) is 21.5. The summed E-state index contributed by atoms with van der Waals surface area (Å²) < 4.78 is 24.8. The molecule has 4 aromatic rings. The van der Waals surface area contributed by atoms with Gasteiger partial charge in [0.15, 0.2) is 0 Å². The Kier molecular flexibility index (Phi) is 6.70. The monoisotopic (exact) mass is 433 g/mol. The van der Waals surface area contributed by atoms with Crippen LogP contribution in [0.5, 0.6) is 17.2 Å². The first-order valence-electron chi connectivity index (χ1n) is 9.88. The van der Waals surface area contributed by atoms with E-state index in [-0.39, 0.29) is 12.4 Å². The normalized spacial score (nSPS) is 10.5. The van der Waals surface area contributed by atoms with Gasteiger partial charge in [-0.15, -0.1) is 0 Å². The zero-order valence-electron chi connectivity index (χ0n) is 16.7. The maximum atomic E-state index is 13.3. The SMILES string of the molecule is Fc1cccc(COc2ccc(CNc3ccc(Oc4ccccc4)cc3)cc2Cl)c1. The predicted molar refractivity (Wildman–Crippen MR) is 122 cm³/mol. The van der Waals surface area contributed by atoms with Gasteiger partial charge in [-0.3, -0.25) is 0 Å². The number of nitrogens with one attached hydrogen (secondary N) is 1. The molecule has 0 fully saturated rings. The molecule has 1 N–H and O–H groups in total. The third-order valence-electron chi connectivity index (χ3n) is 4.61. The summed E-state index contributed by atoms with van der Waals surface area (Å²) in [7, 11) is 0. The molecule has 5 heteroatoms. The second kappa shape index (κ2) is 10.0. The van der Waals surface area contributed by atoms with Crippen LogP contribution >= 0.6 is 11.6 Å². The summed E-state index contributed by atoms with van der Waals surface area (Å²) in [4.78, 5) is 0. The summed E-state index contributed by atoms with van der Waals surface area (Å²) in [6, 6.07) is 29.4. The highest BCUT2D eigenvalue weighted by atomic mass is 35.5. The lowest BCUT2D eigenvalue weighted by molar-refractivity contribution is 0.305. The lowest BCUT2D eigenvalue weighted by Gasteiger charge is -2.11. The molecule has 0 aliphatic heterocycles. The smallest absolute Gasteiger partial charge is 0.138 e. The van der Waals surface area contributed by atoms with E-state index in [4.69, 9.17) is 21.1 Å². The van der Waals surface area contributed by atoms with Crippen molar-refractivity contribution in [2.24, 2.45) is 0 Å². The van der Waals surface area contributed by atoms with Crippen molar-refractivity contribution in [3.8, 4) is 17.2 Å². The molecule has 156 valence electrons. The van der Waals surface area contributed by atoms with Gasteiger partial charge in [0, 0.05) is 12.2 Å². The molecule has 3 nitrogen and oxygen atoms in total. The van der Waals surface area contributed by atoms with Crippen molar-refractivity contribution >= 4 is 17.3 Å². The second-order valence-electron chi connectivity index (χ2n) is 6.98. The van der Waals surface area contributed by atoms with Gasteiger partial charge in [-0.25, -0.2) is 4.39 Å². The molecule has 0 bridgehead atoms. The largest absolute Gasteiger partial charge is 0.487 e. The van der Waals surface area contributed by atoms with Crippen LogP contribution in [0.25, 0.3) is 0 Å². The quantitative estimate of drug-likeness (QED) is 0.312. The Morgan fingerprint density at radius 1 is 0.742 bits per heavy atom. The Hall–Kier alpha value is -3.50. The Labute approximate surface area is 186 Å². The first-order valence-corrected chi connectivity index (χ1v) is 10.3. The highest BCUT2D eigenvalue weighted by Crippen LogP contribution is 2.27. The van der Waals surface area contributed by atoms with Gasteiger partial charge >= 0.3 is 0 Å². The van der Waals surface area contributed by atoms with Gasteiger partial charge in [-0.1, -0.05) is 48.0 Å². The fraction of sp³-hybridized carbons (Fsp3) is 0.0769. The van der Waals surface area contributed by atoms with Crippen LogP contribution in [0.2, 0.25) is 5.02 Å². The number of rotatable bonds is 8. The predicted octanol–water partition coefficient (Wildman–Crippen LogP) is 7.46. The van der Waals surface area contributed by atoms with Crippen molar-refractivity contribution in [2.45, 2.75) is 13.2 Å². The zero-order valence-corrected chi connectivity index (χ0v) is 17.5. The van der Waals surface area contributed by atoms with E-state index >= 15 is 0 Å². The molecule has 0 radical (unpaired) electrons. The molecule has 0 saturated heterocycles. The topological polar surface area (TPSA) is 30.5 Å². The maximum absolute atomic E-state index is 13.3. The highest BCUT2D eigenvalue weighted by Gasteiger charge is 2.05. The molecule has 0 saturated carbocycles. The lowest BCUT2D eigenvalue weighted by atomic mass is 10.2. The Bertz CT molecular complexity index is 1130. The van der Waals surface area contributed by atoms with Crippen LogP contribution in [0.4, 0.5) is 10.1 Å². The van der Waals surface area contributed by atoms with E-state index in [1.807, 2.05) is 78.9 Å². The van der Waals surface area contributed by atoms with Crippen LogP contribution in [-0.4, -0.2) is 0 Å². The van der Waals surface area contributed by atoms with Crippen LogP contribution < -0.4 is 14.8 Å². The molecular formula is C26H21ClFNO2. The van der Waals surface area contributed by atoms with E-state index in [0.29, 0.717) is 17.3 Å². The van der Waals surface area contributed by atoms with Gasteiger partial charge in [-0.2, -0.15) is 0 Å². The highest BCUT2D eigenvalue weighted by molar-refractivity contribution is 6.32. The Morgan fingerprint density at radius 2 is 1.52 bits per heavy atom. The number of halogens is 2. The molecular weight excluding hydrogens is 413 g/mol. The minimum absolute atomic E-state index is 0.256. The summed E-state index contributed by atoms with van der Waals surface area (Å²) in [5.41, 5.74) is 2.75. The van der Waals surface area contributed by atoms with Crippen molar-refractivity contribution in [1.82, 2.24) is 0 Å². The van der Waals surface area contributed by atoms with E-state index in [1.165, 1.54) is 12.1 Å². The average molecular weight is 434 g/mol. The number of hydrogen-bond acceptors (Lipinski definition) is 3. The lowest BCUT2D eigenvalue weighted by Crippen LogP contribution is -2.00. The average Bonchev–Trinajstić information content (AvgIpc) is 2.79. The maximum Gasteiger partial charge on any atom is 0.138 e. The van der Waals surface area contributed by atoms with Gasteiger partial charge < -0.3 is 14.8 Å². The summed E-state index contributed by atoms with van der Waals surface area (Å²) in [6.07, 6.45) is 0. The molecule has 31 heavy (non-hydrogen) atoms. The van der Waals surface area contributed by atoms with Gasteiger partial charge in [0.05, 0.1) is 5.02 Å². The van der Waals surface area contributed by atoms with Crippen LogP contribution in [0.1, 0.15) is 11.1 Å². The molecule has 0 aliphatic rings. The summed E-state index contributed by atoms with van der Waals surface area (Å²) >= 11 is 6.36. The molecule has 4 aromatic carbocycles. The van der Waals surface area contributed by atoms with Crippen LogP contribution in [-0.2, 0) is 13.2 Å². The minimum atomic E-state index is -0.284. The van der Waals surface area contributed by atoms with E-state index in [9.17, 15) is 4.39 Å². The third kappa shape index (κ3) is 6.00. The summed E-state index contributed by atoms with van der Waals surface area (Å²) in [5, 5.41) is 3.88. The first kappa shape index (κ1) is 20.8. The van der Waals surface area contributed by atoms with Crippen molar-refractivity contribution in [3.05, 3.63) is 119 Å². The molecule has 0 atom stereocenters. The van der Waals surface area contributed by atoms with Crippen LogP contribution in [0.15, 0.2) is 97.1 Å². The first-order chi connectivity index (χ1) is 15.2. The minimum Gasteiger partial charge on any atom is -0.487 e. The third-order valence-corrected chi connectivity index (χ3v) is 4.90. The molecule has 0 spiro atoms. The molecule has 0 amide bonds. The van der Waals surface area contributed by atoms with E-state index in [0.717, 1.165) is 28.3 Å². The summed E-state index contributed by atoms with van der Waals surface area (Å²) in [5.74, 6) is 1.86. The molecule has 0 heterocycles. The van der Waals surface area contributed by atoms with Crippen molar-refractivity contribution in [1.29, 1.82) is 0 Å². The number of anilines is 1. The Balaban J connectivity index is 1.31. The van der Waals surface area contributed by atoms with Gasteiger partial charge in [0.1, 0.15) is 29.7 Å². The van der Waals surface area contributed by atoms with Crippen LogP contribution in [0, 0.1) is 5.82 Å². The molecule has 0 aliphatic carbocycles. The number of hydrogen-bond donors (Lipinski definition) is 1. The number of benzene rings is 4. The van der Waals surface area contributed by atoms with Crippen LogP contribution in [0.3, 0.4) is 0 Å². The van der Waals surface area contributed by atoms with Crippen molar-refractivity contribution in [2.75, 3.05) is 5.32 Å².